The van der Waals surface area contributed by atoms with Crippen molar-refractivity contribution < 1.29 is 9.59 Å². The molecule has 0 saturated carbocycles. The van der Waals surface area contributed by atoms with Gasteiger partial charge in [-0.1, -0.05) is 0 Å². The second kappa shape index (κ2) is 4.40. The number of benzene rings is 1. The summed E-state index contributed by atoms with van der Waals surface area (Å²) < 4.78 is 0.895. The molecule has 0 aliphatic rings. The number of phenolic OH excluding ortho intramolecular Hbond substituents is 1. The summed E-state index contributed by atoms with van der Waals surface area (Å²) in [4.78, 5) is 0. The largest absolute Gasteiger partial charge is 0.508 e. The van der Waals surface area contributed by atoms with Crippen molar-refractivity contribution in [1.82, 2.24) is 0 Å². The van der Waals surface area contributed by atoms with Gasteiger partial charge in [-0.25, -0.2) is 0 Å². The van der Waals surface area contributed by atoms with Gasteiger partial charge in [0.05, 0.1) is 45.6 Å². The first-order chi connectivity index (χ1) is 6.88. The number of likely N-dealkylation sites (N-methyl/N-ethyl adjacent to an activating group) is 1. The van der Waals surface area contributed by atoms with Crippen molar-refractivity contribution in [1.29, 1.82) is 0 Å². The van der Waals surface area contributed by atoms with Gasteiger partial charge in [-0.3, -0.25) is 0 Å². The summed E-state index contributed by atoms with van der Waals surface area (Å²) in [5, 5.41) is 12.5. The zero-order chi connectivity index (χ0) is 11.5. The van der Waals surface area contributed by atoms with Crippen molar-refractivity contribution in [2.24, 2.45) is 0 Å². The SMILES string of the molecule is C[N+](C)(C)CCNc1cc(O)ccc1N. The van der Waals surface area contributed by atoms with E-state index in [1.54, 1.807) is 18.2 Å². The molecule has 0 bridgehead atoms. The highest BCUT2D eigenvalue weighted by Crippen LogP contribution is 2.23. The first-order valence-electron chi connectivity index (χ1n) is 5.01. The summed E-state index contributed by atoms with van der Waals surface area (Å²) in [6.07, 6.45) is 0. The van der Waals surface area contributed by atoms with E-state index in [-0.39, 0.29) is 5.75 Å². The zero-order valence-corrected chi connectivity index (χ0v) is 9.62. The minimum absolute atomic E-state index is 0.233. The molecule has 0 aromatic heterocycles. The van der Waals surface area contributed by atoms with Crippen LogP contribution < -0.4 is 11.1 Å². The fourth-order valence-corrected chi connectivity index (χ4v) is 1.22. The highest BCUT2D eigenvalue weighted by molar-refractivity contribution is 5.67. The number of quaternary nitrogens is 1. The van der Waals surface area contributed by atoms with Crippen molar-refractivity contribution in [3.05, 3.63) is 18.2 Å². The van der Waals surface area contributed by atoms with Gasteiger partial charge in [-0.2, -0.15) is 0 Å². The van der Waals surface area contributed by atoms with Crippen LogP contribution in [0.2, 0.25) is 0 Å². The minimum Gasteiger partial charge on any atom is -0.508 e. The van der Waals surface area contributed by atoms with Gasteiger partial charge in [-0.05, 0) is 12.1 Å². The molecular weight excluding hydrogens is 190 g/mol. The Kier molecular flexibility index (Phi) is 3.42. The maximum Gasteiger partial charge on any atom is 0.117 e. The normalized spacial score (nSPS) is 11.4. The fraction of sp³-hybridized carbons (Fsp3) is 0.455. The van der Waals surface area contributed by atoms with Crippen LogP contribution >= 0.6 is 0 Å². The van der Waals surface area contributed by atoms with Gasteiger partial charge in [-0.15, -0.1) is 0 Å². The van der Waals surface area contributed by atoms with Gasteiger partial charge >= 0.3 is 0 Å². The number of nitrogens with zero attached hydrogens (tertiary/aromatic N) is 1. The Morgan fingerprint density at radius 1 is 1.33 bits per heavy atom. The van der Waals surface area contributed by atoms with E-state index in [2.05, 4.69) is 26.5 Å². The molecule has 0 radical (unpaired) electrons. The second-order valence-corrected chi connectivity index (χ2v) is 4.71. The summed E-state index contributed by atoms with van der Waals surface area (Å²) in [5.41, 5.74) is 7.22. The predicted molar refractivity (Wildman–Crippen MR) is 63.9 cm³/mol. The smallest absolute Gasteiger partial charge is 0.117 e. The molecule has 0 amide bonds. The summed E-state index contributed by atoms with van der Waals surface area (Å²) in [6.45, 7) is 1.83. The van der Waals surface area contributed by atoms with Crippen LogP contribution in [0.15, 0.2) is 18.2 Å². The molecule has 0 atom stereocenters. The molecule has 4 N–H and O–H groups in total. The number of phenols is 1. The number of nitrogen functional groups attached to an aromatic ring is 1. The molecule has 0 aliphatic carbocycles. The molecule has 0 fully saturated rings. The number of hydrogen-bond donors (Lipinski definition) is 3. The molecule has 1 aromatic carbocycles. The van der Waals surface area contributed by atoms with Crippen LogP contribution in [0.5, 0.6) is 5.75 Å². The van der Waals surface area contributed by atoms with Gasteiger partial charge < -0.3 is 20.6 Å². The second-order valence-electron chi connectivity index (χ2n) is 4.71. The number of anilines is 2. The topological polar surface area (TPSA) is 58.3 Å². The average Bonchev–Trinajstić information content (AvgIpc) is 2.09. The van der Waals surface area contributed by atoms with Gasteiger partial charge in [0, 0.05) is 6.07 Å². The number of hydrogen-bond acceptors (Lipinski definition) is 3. The van der Waals surface area contributed by atoms with Crippen LogP contribution in [0.4, 0.5) is 11.4 Å². The predicted octanol–water partition coefficient (Wildman–Crippen LogP) is 1.09. The van der Waals surface area contributed by atoms with Crippen molar-refractivity contribution in [3.63, 3.8) is 0 Å². The van der Waals surface area contributed by atoms with E-state index < -0.39 is 0 Å². The Labute approximate surface area is 90.9 Å². The Bertz CT molecular complexity index is 331. The first kappa shape index (κ1) is 11.7. The zero-order valence-electron chi connectivity index (χ0n) is 9.62. The molecule has 0 spiro atoms. The van der Waals surface area contributed by atoms with Crippen LogP contribution in [0.3, 0.4) is 0 Å². The third-order valence-electron chi connectivity index (χ3n) is 2.13. The Balaban J connectivity index is 2.54. The van der Waals surface area contributed by atoms with E-state index >= 15 is 0 Å². The van der Waals surface area contributed by atoms with Crippen LogP contribution in [-0.2, 0) is 0 Å². The Morgan fingerprint density at radius 3 is 2.60 bits per heavy atom. The lowest BCUT2D eigenvalue weighted by atomic mass is 10.2. The van der Waals surface area contributed by atoms with Crippen LogP contribution in [0.1, 0.15) is 0 Å². The monoisotopic (exact) mass is 210 g/mol. The molecule has 0 aliphatic heterocycles. The van der Waals surface area contributed by atoms with E-state index in [0.29, 0.717) is 5.69 Å². The van der Waals surface area contributed by atoms with Gasteiger partial charge in [0.2, 0.25) is 0 Å². The van der Waals surface area contributed by atoms with Gasteiger partial charge in [0.1, 0.15) is 5.75 Å². The fourth-order valence-electron chi connectivity index (χ4n) is 1.22. The molecule has 84 valence electrons. The Morgan fingerprint density at radius 2 is 2.00 bits per heavy atom. The van der Waals surface area contributed by atoms with E-state index in [9.17, 15) is 5.11 Å². The van der Waals surface area contributed by atoms with E-state index in [1.165, 1.54) is 0 Å². The molecule has 1 rings (SSSR count). The maximum absolute atomic E-state index is 9.30. The van der Waals surface area contributed by atoms with Gasteiger partial charge in [0.15, 0.2) is 0 Å². The van der Waals surface area contributed by atoms with Crippen LogP contribution in [-0.4, -0.2) is 43.8 Å². The molecule has 0 saturated heterocycles. The first-order valence-corrected chi connectivity index (χ1v) is 5.01. The van der Waals surface area contributed by atoms with Crippen molar-refractivity contribution in [3.8, 4) is 5.75 Å². The molecule has 15 heavy (non-hydrogen) atoms. The summed E-state index contributed by atoms with van der Waals surface area (Å²) in [6, 6.07) is 4.93. The van der Waals surface area contributed by atoms with Crippen LogP contribution in [0.25, 0.3) is 0 Å². The average molecular weight is 210 g/mol. The molecule has 4 nitrogen and oxygen atoms in total. The molecule has 1 aromatic rings. The maximum atomic E-state index is 9.30. The number of rotatable bonds is 4. The molecule has 0 heterocycles. The lowest BCUT2D eigenvalue weighted by Crippen LogP contribution is -2.38. The summed E-state index contributed by atoms with van der Waals surface area (Å²) in [7, 11) is 6.40. The van der Waals surface area contributed by atoms with Crippen molar-refractivity contribution in [2.45, 2.75) is 0 Å². The van der Waals surface area contributed by atoms with E-state index in [4.69, 9.17) is 5.73 Å². The quantitative estimate of drug-likeness (QED) is 0.396. The lowest BCUT2D eigenvalue weighted by molar-refractivity contribution is -0.868. The number of nitrogens with two attached hydrogens (primary N) is 1. The third-order valence-corrected chi connectivity index (χ3v) is 2.13. The summed E-state index contributed by atoms with van der Waals surface area (Å²) in [5.74, 6) is 0.233. The highest BCUT2D eigenvalue weighted by Gasteiger charge is 2.06. The number of nitrogens with one attached hydrogen (secondary N) is 1. The number of aromatic hydroxyl groups is 1. The minimum atomic E-state index is 0.233. The summed E-state index contributed by atoms with van der Waals surface area (Å²) >= 11 is 0. The van der Waals surface area contributed by atoms with Crippen LogP contribution in [0, 0.1) is 0 Å². The third kappa shape index (κ3) is 4.08. The highest BCUT2D eigenvalue weighted by atomic mass is 16.3. The Hall–Kier alpha value is -1.42. The standard InChI is InChI=1S/C11H19N3O/c1-14(2,3)7-6-13-11-8-9(15)4-5-10(11)12/h4-5,8,13H,6-7,12H2,1-3H3/p+1. The van der Waals surface area contributed by atoms with E-state index in [1.807, 2.05) is 0 Å². The lowest BCUT2D eigenvalue weighted by Gasteiger charge is -2.24. The van der Waals surface area contributed by atoms with Gasteiger partial charge in [0.25, 0.3) is 0 Å². The molecule has 0 unspecified atom stereocenters. The van der Waals surface area contributed by atoms with Crippen molar-refractivity contribution >= 4 is 11.4 Å². The molecule has 4 heteroatoms. The van der Waals surface area contributed by atoms with Crippen molar-refractivity contribution in [2.75, 3.05) is 45.3 Å². The van der Waals surface area contributed by atoms with E-state index in [0.717, 1.165) is 23.3 Å². The molecular formula is C11H20N3O+.